The molecule has 194 valence electrons. The first-order chi connectivity index (χ1) is 16.5. The number of carbonyl (C=O) groups excluding carboxylic acids is 1. The highest BCUT2D eigenvalue weighted by Crippen LogP contribution is 2.49. The Morgan fingerprint density at radius 2 is 1.91 bits per heavy atom. The van der Waals surface area contributed by atoms with Gasteiger partial charge in [-0.1, -0.05) is 43.6 Å². The highest BCUT2D eigenvalue weighted by atomic mass is 32.2. The molecule has 2 N–H and O–H groups in total. The summed E-state index contributed by atoms with van der Waals surface area (Å²) >= 11 is 0. The van der Waals surface area contributed by atoms with E-state index in [0.717, 1.165) is 43.3 Å². The summed E-state index contributed by atoms with van der Waals surface area (Å²) < 4.78 is 28.1. The maximum absolute atomic E-state index is 14.0. The molecule has 2 aliphatic rings. The molecular formula is C28H41NO5S. The van der Waals surface area contributed by atoms with Crippen molar-refractivity contribution < 1.29 is 23.4 Å². The molecule has 3 unspecified atom stereocenters. The normalized spacial score (nSPS) is 23.1. The standard InChI is InChI=1S/C28H41NO5S/c1-6-7-8-10-21-16-25(31)26(24-15-19(4)12-13-23(24)18(2)3)27(32)28(21)35(33,34)22-11-9-14-29(17-22)20(5)30/h15-16,22-24,31-32H,2,6-14,17H2,1,3-5H3. The predicted octanol–water partition coefficient (Wildman–Crippen LogP) is 5.63. The van der Waals surface area contributed by atoms with E-state index in [0.29, 0.717) is 31.4 Å². The summed E-state index contributed by atoms with van der Waals surface area (Å²) in [5.74, 6) is -0.890. The van der Waals surface area contributed by atoms with Crippen LogP contribution in [0.5, 0.6) is 11.5 Å². The number of unbranched alkanes of at least 4 members (excludes halogenated alkanes) is 2. The molecule has 35 heavy (non-hydrogen) atoms. The summed E-state index contributed by atoms with van der Waals surface area (Å²) in [7, 11) is -3.95. The van der Waals surface area contributed by atoms with E-state index in [1.54, 1.807) is 11.0 Å². The molecule has 1 fully saturated rings. The Balaban J connectivity index is 2.18. The van der Waals surface area contributed by atoms with Gasteiger partial charge in [0.15, 0.2) is 9.84 Å². The van der Waals surface area contributed by atoms with Crippen molar-refractivity contribution in [2.24, 2.45) is 5.92 Å². The SMILES string of the molecule is C=C(C)C1CCC(C)=CC1c1c(O)cc(CCCCC)c(S(=O)(=O)C2CCCN(C(C)=O)C2)c1O. The maximum Gasteiger partial charge on any atom is 0.219 e. The molecule has 3 rings (SSSR count). The fourth-order valence-electron chi connectivity index (χ4n) is 5.65. The fourth-order valence-corrected chi connectivity index (χ4v) is 7.74. The van der Waals surface area contributed by atoms with Crippen molar-refractivity contribution in [2.75, 3.05) is 13.1 Å². The van der Waals surface area contributed by atoms with Crippen LogP contribution in [0, 0.1) is 5.92 Å². The van der Waals surface area contributed by atoms with E-state index in [1.165, 1.54) is 6.92 Å². The van der Waals surface area contributed by atoms with Crippen molar-refractivity contribution in [3.8, 4) is 11.5 Å². The molecule has 3 atom stereocenters. The summed E-state index contributed by atoms with van der Waals surface area (Å²) in [5, 5.41) is 21.9. The molecular weight excluding hydrogens is 462 g/mol. The zero-order valence-electron chi connectivity index (χ0n) is 21.6. The average Bonchev–Trinajstić information content (AvgIpc) is 2.78. The molecule has 1 aliphatic heterocycles. The van der Waals surface area contributed by atoms with Crippen LogP contribution in [0.2, 0.25) is 0 Å². The number of carbonyl (C=O) groups is 1. The zero-order valence-corrected chi connectivity index (χ0v) is 22.5. The summed E-state index contributed by atoms with van der Waals surface area (Å²) in [6.45, 7) is 12.3. The third kappa shape index (κ3) is 5.76. The smallest absolute Gasteiger partial charge is 0.219 e. The lowest BCUT2D eigenvalue weighted by Gasteiger charge is -2.34. The van der Waals surface area contributed by atoms with Crippen LogP contribution < -0.4 is 0 Å². The number of benzene rings is 1. The second-order valence-corrected chi connectivity index (χ2v) is 12.6. The quantitative estimate of drug-likeness (QED) is 0.354. The van der Waals surface area contributed by atoms with Gasteiger partial charge in [-0.05, 0) is 69.9 Å². The molecule has 1 saturated heterocycles. The van der Waals surface area contributed by atoms with Crippen molar-refractivity contribution >= 4 is 15.7 Å². The summed E-state index contributed by atoms with van der Waals surface area (Å²) in [6, 6.07) is 1.55. The van der Waals surface area contributed by atoms with Crippen molar-refractivity contribution in [2.45, 2.75) is 95.1 Å². The molecule has 1 heterocycles. The van der Waals surface area contributed by atoms with E-state index < -0.39 is 15.1 Å². The Hall–Kier alpha value is -2.28. The molecule has 7 heteroatoms. The van der Waals surface area contributed by atoms with Crippen LogP contribution in [-0.2, 0) is 21.1 Å². The summed E-state index contributed by atoms with van der Waals surface area (Å²) in [6.07, 6.45) is 7.91. The van der Waals surface area contributed by atoms with E-state index in [1.807, 2.05) is 19.9 Å². The van der Waals surface area contributed by atoms with Crippen LogP contribution >= 0.6 is 0 Å². The Morgan fingerprint density at radius 1 is 1.20 bits per heavy atom. The first-order valence-electron chi connectivity index (χ1n) is 12.9. The average molecular weight is 504 g/mol. The molecule has 0 spiro atoms. The second kappa shape index (κ2) is 11.2. The lowest BCUT2D eigenvalue weighted by molar-refractivity contribution is -0.129. The number of aryl methyl sites for hydroxylation is 1. The number of phenolic OH excluding ortho intramolecular Hbond substituents is 2. The van der Waals surface area contributed by atoms with Crippen LogP contribution in [-0.4, -0.2) is 47.8 Å². The van der Waals surface area contributed by atoms with Gasteiger partial charge in [0, 0.05) is 31.5 Å². The minimum atomic E-state index is -3.95. The van der Waals surface area contributed by atoms with Crippen molar-refractivity contribution in [3.05, 3.63) is 41.0 Å². The van der Waals surface area contributed by atoms with Crippen LogP contribution in [0.25, 0.3) is 0 Å². The zero-order chi connectivity index (χ0) is 25.9. The molecule has 1 amide bonds. The number of piperidine rings is 1. The monoisotopic (exact) mass is 503 g/mol. The van der Waals surface area contributed by atoms with Crippen LogP contribution in [0.4, 0.5) is 0 Å². The van der Waals surface area contributed by atoms with E-state index in [2.05, 4.69) is 13.5 Å². The molecule has 0 aromatic heterocycles. The van der Waals surface area contributed by atoms with E-state index in [4.69, 9.17) is 0 Å². The number of aromatic hydroxyl groups is 2. The third-order valence-corrected chi connectivity index (χ3v) is 9.95. The van der Waals surface area contributed by atoms with E-state index in [-0.39, 0.29) is 46.2 Å². The topological polar surface area (TPSA) is 94.9 Å². The number of nitrogens with zero attached hydrogens (tertiary/aromatic N) is 1. The maximum atomic E-state index is 14.0. The number of rotatable bonds is 8. The Morgan fingerprint density at radius 3 is 2.54 bits per heavy atom. The van der Waals surface area contributed by atoms with E-state index >= 15 is 0 Å². The van der Waals surface area contributed by atoms with Gasteiger partial charge in [0.2, 0.25) is 5.91 Å². The van der Waals surface area contributed by atoms with Crippen LogP contribution in [0.3, 0.4) is 0 Å². The van der Waals surface area contributed by atoms with Crippen molar-refractivity contribution in [3.63, 3.8) is 0 Å². The number of amides is 1. The van der Waals surface area contributed by atoms with Gasteiger partial charge >= 0.3 is 0 Å². The van der Waals surface area contributed by atoms with E-state index in [9.17, 15) is 23.4 Å². The lowest BCUT2D eigenvalue weighted by atomic mass is 9.73. The fraction of sp³-hybridized carbons (Fsp3) is 0.607. The van der Waals surface area contributed by atoms with Gasteiger partial charge in [-0.2, -0.15) is 0 Å². The van der Waals surface area contributed by atoms with Crippen molar-refractivity contribution in [1.29, 1.82) is 0 Å². The molecule has 0 bridgehead atoms. The molecule has 0 radical (unpaired) electrons. The van der Waals surface area contributed by atoms with Gasteiger partial charge < -0.3 is 15.1 Å². The molecule has 1 aromatic carbocycles. The molecule has 1 aromatic rings. The highest BCUT2D eigenvalue weighted by molar-refractivity contribution is 7.92. The largest absolute Gasteiger partial charge is 0.507 e. The predicted molar refractivity (Wildman–Crippen MR) is 139 cm³/mol. The van der Waals surface area contributed by atoms with Crippen molar-refractivity contribution in [1.82, 2.24) is 4.90 Å². The number of phenols is 2. The molecule has 1 aliphatic carbocycles. The van der Waals surface area contributed by atoms with Gasteiger partial charge in [0.05, 0.1) is 5.25 Å². The number of sulfone groups is 1. The number of hydrogen-bond acceptors (Lipinski definition) is 5. The highest BCUT2D eigenvalue weighted by Gasteiger charge is 2.39. The first-order valence-corrected chi connectivity index (χ1v) is 14.4. The Bertz CT molecular complexity index is 1100. The number of hydrogen-bond donors (Lipinski definition) is 2. The first kappa shape index (κ1) is 27.3. The van der Waals surface area contributed by atoms with Gasteiger partial charge in [-0.15, -0.1) is 0 Å². The molecule has 6 nitrogen and oxygen atoms in total. The Kier molecular flexibility index (Phi) is 8.73. The number of likely N-dealkylation sites (tertiary alicyclic amines) is 1. The number of allylic oxidation sites excluding steroid dienone is 3. The minimum Gasteiger partial charge on any atom is -0.507 e. The van der Waals surface area contributed by atoms with Crippen LogP contribution in [0.1, 0.15) is 89.7 Å². The van der Waals surface area contributed by atoms with Gasteiger partial charge in [-0.25, -0.2) is 8.42 Å². The van der Waals surface area contributed by atoms with Gasteiger partial charge in [-0.3, -0.25) is 4.79 Å². The van der Waals surface area contributed by atoms with Gasteiger partial charge in [0.25, 0.3) is 0 Å². The lowest BCUT2D eigenvalue weighted by Crippen LogP contribution is -2.44. The summed E-state index contributed by atoms with van der Waals surface area (Å²) in [4.78, 5) is 13.5. The summed E-state index contributed by atoms with van der Waals surface area (Å²) in [5.41, 5.74) is 2.82. The Labute approximate surface area is 210 Å². The van der Waals surface area contributed by atoms with Crippen LogP contribution in [0.15, 0.2) is 34.8 Å². The minimum absolute atomic E-state index is 0.000111. The van der Waals surface area contributed by atoms with Gasteiger partial charge in [0.1, 0.15) is 16.4 Å². The molecule has 0 saturated carbocycles. The third-order valence-electron chi connectivity index (χ3n) is 7.66. The second-order valence-electron chi connectivity index (χ2n) is 10.4.